The number of benzene rings is 1. The SMILES string of the molecule is CC(C)NCc1cn(CC(=O)Nc2ccccc2F)nn1. The summed E-state index contributed by atoms with van der Waals surface area (Å²) < 4.78 is 14.8. The molecule has 2 N–H and O–H groups in total. The molecule has 0 bridgehead atoms. The first-order valence-corrected chi connectivity index (χ1v) is 6.71. The number of hydrogen-bond donors (Lipinski definition) is 2. The molecule has 1 heterocycles. The molecule has 0 atom stereocenters. The molecule has 112 valence electrons. The van der Waals surface area contributed by atoms with E-state index in [9.17, 15) is 9.18 Å². The normalized spacial score (nSPS) is 10.9. The van der Waals surface area contributed by atoms with E-state index in [1.807, 2.05) is 13.8 Å². The molecule has 0 spiro atoms. The zero-order valence-corrected chi connectivity index (χ0v) is 12.0. The number of aromatic nitrogens is 3. The lowest BCUT2D eigenvalue weighted by molar-refractivity contribution is -0.116. The third-order valence-corrected chi connectivity index (χ3v) is 2.73. The molecule has 0 aliphatic heterocycles. The first-order valence-electron chi connectivity index (χ1n) is 6.71. The van der Waals surface area contributed by atoms with Crippen LogP contribution in [-0.4, -0.2) is 26.9 Å². The number of halogens is 1. The quantitative estimate of drug-likeness (QED) is 0.847. The Morgan fingerprint density at radius 2 is 2.14 bits per heavy atom. The monoisotopic (exact) mass is 291 g/mol. The lowest BCUT2D eigenvalue weighted by Gasteiger charge is -2.06. The largest absolute Gasteiger partial charge is 0.322 e. The Hall–Kier alpha value is -2.28. The zero-order chi connectivity index (χ0) is 15.2. The molecule has 0 unspecified atom stereocenters. The van der Waals surface area contributed by atoms with Crippen molar-refractivity contribution >= 4 is 11.6 Å². The maximum atomic E-state index is 13.4. The molecule has 0 aliphatic rings. The number of hydrogen-bond acceptors (Lipinski definition) is 4. The van der Waals surface area contributed by atoms with E-state index in [1.165, 1.54) is 16.8 Å². The van der Waals surface area contributed by atoms with Crippen LogP contribution in [0.15, 0.2) is 30.5 Å². The van der Waals surface area contributed by atoms with Crippen LogP contribution in [0.4, 0.5) is 10.1 Å². The number of carbonyl (C=O) groups excluding carboxylic acids is 1. The van der Waals surface area contributed by atoms with Crippen LogP contribution in [0.2, 0.25) is 0 Å². The Bertz CT molecular complexity index is 611. The highest BCUT2D eigenvalue weighted by molar-refractivity contribution is 5.90. The molecule has 21 heavy (non-hydrogen) atoms. The zero-order valence-electron chi connectivity index (χ0n) is 12.0. The first kappa shape index (κ1) is 15.1. The predicted molar refractivity (Wildman–Crippen MR) is 77.0 cm³/mol. The molecular formula is C14H18FN5O. The average molecular weight is 291 g/mol. The number of rotatable bonds is 6. The van der Waals surface area contributed by atoms with Crippen LogP contribution in [0, 0.1) is 5.82 Å². The van der Waals surface area contributed by atoms with E-state index < -0.39 is 5.82 Å². The van der Waals surface area contributed by atoms with Gasteiger partial charge in [0, 0.05) is 12.6 Å². The van der Waals surface area contributed by atoms with Gasteiger partial charge < -0.3 is 10.6 Å². The van der Waals surface area contributed by atoms with Crippen LogP contribution >= 0.6 is 0 Å². The maximum Gasteiger partial charge on any atom is 0.246 e. The van der Waals surface area contributed by atoms with Crippen LogP contribution < -0.4 is 10.6 Å². The van der Waals surface area contributed by atoms with Crippen LogP contribution in [0.3, 0.4) is 0 Å². The Balaban J connectivity index is 1.90. The number of anilines is 1. The molecule has 2 rings (SSSR count). The van der Waals surface area contributed by atoms with E-state index in [4.69, 9.17) is 0 Å². The van der Waals surface area contributed by atoms with Gasteiger partial charge in [-0.3, -0.25) is 4.79 Å². The number of nitrogens with zero attached hydrogens (tertiary/aromatic N) is 3. The Morgan fingerprint density at radius 3 is 2.86 bits per heavy atom. The minimum atomic E-state index is -0.466. The summed E-state index contributed by atoms with van der Waals surface area (Å²) in [5.41, 5.74) is 0.909. The Kier molecular flexibility index (Phi) is 4.99. The van der Waals surface area contributed by atoms with Crippen molar-refractivity contribution in [3.05, 3.63) is 42.0 Å². The fraction of sp³-hybridized carbons (Fsp3) is 0.357. The van der Waals surface area contributed by atoms with Crippen LogP contribution in [0.25, 0.3) is 0 Å². The minimum Gasteiger partial charge on any atom is -0.322 e. The van der Waals surface area contributed by atoms with Crippen molar-refractivity contribution in [2.45, 2.75) is 33.0 Å². The van der Waals surface area contributed by atoms with Gasteiger partial charge in [0.05, 0.1) is 17.6 Å². The van der Waals surface area contributed by atoms with E-state index >= 15 is 0 Å². The summed E-state index contributed by atoms with van der Waals surface area (Å²) in [4.78, 5) is 11.8. The number of carbonyl (C=O) groups is 1. The van der Waals surface area contributed by atoms with Crippen molar-refractivity contribution in [2.75, 3.05) is 5.32 Å². The third kappa shape index (κ3) is 4.64. The van der Waals surface area contributed by atoms with Gasteiger partial charge in [-0.05, 0) is 12.1 Å². The highest BCUT2D eigenvalue weighted by Gasteiger charge is 2.09. The van der Waals surface area contributed by atoms with Crippen molar-refractivity contribution in [2.24, 2.45) is 0 Å². The molecule has 2 aromatic rings. The summed E-state index contributed by atoms with van der Waals surface area (Å²) in [5, 5.41) is 13.5. The van der Waals surface area contributed by atoms with Crippen molar-refractivity contribution in [3.63, 3.8) is 0 Å². The van der Waals surface area contributed by atoms with Gasteiger partial charge in [-0.25, -0.2) is 9.07 Å². The molecule has 1 aromatic carbocycles. The second-order valence-corrected chi connectivity index (χ2v) is 4.97. The summed E-state index contributed by atoms with van der Waals surface area (Å²) in [6.07, 6.45) is 1.69. The van der Waals surface area contributed by atoms with Crippen LogP contribution in [0.5, 0.6) is 0 Å². The Labute approximate surface area is 122 Å². The van der Waals surface area contributed by atoms with Gasteiger partial charge in [0.25, 0.3) is 0 Å². The summed E-state index contributed by atoms with van der Waals surface area (Å²) in [6.45, 7) is 4.65. The second kappa shape index (κ2) is 6.94. The molecule has 6 nitrogen and oxygen atoms in total. The predicted octanol–water partition coefficient (Wildman–Crippen LogP) is 1.55. The molecule has 1 aromatic heterocycles. The molecule has 0 fully saturated rings. The fourth-order valence-electron chi connectivity index (χ4n) is 1.70. The highest BCUT2D eigenvalue weighted by atomic mass is 19.1. The minimum absolute atomic E-state index is 0.0109. The lowest BCUT2D eigenvalue weighted by atomic mass is 10.3. The van der Waals surface area contributed by atoms with E-state index in [-0.39, 0.29) is 18.1 Å². The van der Waals surface area contributed by atoms with Gasteiger partial charge in [0.2, 0.25) is 5.91 Å². The number of amides is 1. The van der Waals surface area contributed by atoms with E-state index in [2.05, 4.69) is 20.9 Å². The smallest absolute Gasteiger partial charge is 0.246 e. The first-order chi connectivity index (χ1) is 10.0. The van der Waals surface area contributed by atoms with Gasteiger partial charge in [-0.2, -0.15) is 0 Å². The van der Waals surface area contributed by atoms with Crippen molar-refractivity contribution in [1.29, 1.82) is 0 Å². The van der Waals surface area contributed by atoms with E-state index in [0.29, 0.717) is 12.6 Å². The molecule has 0 saturated heterocycles. The summed E-state index contributed by atoms with van der Waals surface area (Å²) in [6, 6.07) is 6.37. The molecular weight excluding hydrogens is 273 g/mol. The molecule has 0 radical (unpaired) electrons. The maximum absolute atomic E-state index is 13.4. The molecule has 7 heteroatoms. The van der Waals surface area contributed by atoms with E-state index in [1.54, 1.807) is 18.3 Å². The fourth-order valence-corrected chi connectivity index (χ4v) is 1.70. The van der Waals surface area contributed by atoms with Crippen molar-refractivity contribution < 1.29 is 9.18 Å². The van der Waals surface area contributed by atoms with Gasteiger partial charge in [0.1, 0.15) is 12.4 Å². The molecule has 1 amide bonds. The van der Waals surface area contributed by atoms with Gasteiger partial charge in [0.15, 0.2) is 0 Å². The third-order valence-electron chi connectivity index (χ3n) is 2.73. The summed E-state index contributed by atoms with van der Waals surface area (Å²) in [7, 11) is 0. The van der Waals surface area contributed by atoms with Crippen molar-refractivity contribution in [1.82, 2.24) is 20.3 Å². The van der Waals surface area contributed by atoms with Crippen LogP contribution in [0.1, 0.15) is 19.5 Å². The Morgan fingerprint density at radius 1 is 1.38 bits per heavy atom. The second-order valence-electron chi connectivity index (χ2n) is 4.97. The van der Waals surface area contributed by atoms with E-state index in [0.717, 1.165) is 5.69 Å². The standard InChI is InChI=1S/C14H18FN5O/c1-10(2)16-7-11-8-20(19-18-11)9-14(21)17-13-6-4-3-5-12(13)15/h3-6,8,10,16H,7,9H2,1-2H3,(H,17,21). The van der Waals surface area contributed by atoms with Crippen LogP contribution in [-0.2, 0) is 17.9 Å². The average Bonchev–Trinajstić information content (AvgIpc) is 2.86. The number of nitrogens with one attached hydrogen (secondary N) is 2. The van der Waals surface area contributed by atoms with Gasteiger partial charge in [-0.1, -0.05) is 31.2 Å². The summed E-state index contributed by atoms with van der Waals surface area (Å²) >= 11 is 0. The van der Waals surface area contributed by atoms with Gasteiger partial charge >= 0.3 is 0 Å². The summed E-state index contributed by atoms with van der Waals surface area (Å²) in [5.74, 6) is -0.820. The van der Waals surface area contributed by atoms with Crippen molar-refractivity contribution in [3.8, 4) is 0 Å². The lowest BCUT2D eigenvalue weighted by Crippen LogP contribution is -2.22. The molecule has 0 aliphatic carbocycles. The topological polar surface area (TPSA) is 71.8 Å². The highest BCUT2D eigenvalue weighted by Crippen LogP contribution is 2.12. The number of para-hydroxylation sites is 1. The molecule has 0 saturated carbocycles. The van der Waals surface area contributed by atoms with Gasteiger partial charge in [-0.15, -0.1) is 5.10 Å².